The van der Waals surface area contributed by atoms with E-state index in [0.717, 1.165) is 11.1 Å². The predicted octanol–water partition coefficient (Wildman–Crippen LogP) is 3.11. The molecule has 1 heterocycles. The number of carbonyl (C=O) groups excluding carboxylic acids is 2. The number of methoxy groups -OCH3 is 1. The third-order valence-corrected chi connectivity index (χ3v) is 4.77. The number of amides is 2. The summed E-state index contributed by atoms with van der Waals surface area (Å²) in [7, 11) is 1.57. The summed E-state index contributed by atoms with van der Waals surface area (Å²) < 4.78 is 19.9. The first kappa shape index (κ1) is 22.6. The van der Waals surface area contributed by atoms with Gasteiger partial charge in [0.15, 0.2) is 0 Å². The molecular formula is C21H25ClFN3O3. The van der Waals surface area contributed by atoms with Crippen LogP contribution in [0.15, 0.2) is 36.4 Å². The average molecular weight is 422 g/mol. The maximum atomic E-state index is 14.7. The smallest absolute Gasteiger partial charge is 0.226 e. The molecular weight excluding hydrogens is 397 g/mol. The Balaban J connectivity index is 0.00000300. The fraction of sp³-hybridized carbons (Fsp3) is 0.333. The number of hydrogen-bond acceptors (Lipinski definition) is 4. The SMILES string of the molecule is COc1ccc(C(CC(=O)Nc2ccc3c(c2F)CCNC3)NC(C)=O)cc1.Cl. The van der Waals surface area contributed by atoms with Gasteiger partial charge in [0.1, 0.15) is 11.6 Å². The van der Waals surface area contributed by atoms with Crippen LogP contribution >= 0.6 is 12.4 Å². The molecule has 1 aliphatic heterocycles. The number of halogens is 2. The number of ether oxygens (including phenoxy) is 1. The van der Waals surface area contributed by atoms with Crippen molar-refractivity contribution < 1.29 is 18.7 Å². The summed E-state index contributed by atoms with van der Waals surface area (Å²) in [6, 6.07) is 10.00. The Morgan fingerprint density at radius 2 is 1.93 bits per heavy atom. The van der Waals surface area contributed by atoms with Crippen molar-refractivity contribution in [3.8, 4) is 5.75 Å². The summed E-state index contributed by atoms with van der Waals surface area (Å²) >= 11 is 0. The lowest BCUT2D eigenvalue weighted by atomic mass is 9.99. The molecule has 156 valence electrons. The van der Waals surface area contributed by atoms with Gasteiger partial charge < -0.3 is 20.7 Å². The van der Waals surface area contributed by atoms with E-state index in [4.69, 9.17) is 4.74 Å². The first-order valence-corrected chi connectivity index (χ1v) is 9.20. The van der Waals surface area contributed by atoms with Crippen LogP contribution in [0.4, 0.5) is 10.1 Å². The monoisotopic (exact) mass is 421 g/mol. The van der Waals surface area contributed by atoms with E-state index < -0.39 is 6.04 Å². The lowest BCUT2D eigenvalue weighted by molar-refractivity contribution is -0.120. The van der Waals surface area contributed by atoms with E-state index in [-0.39, 0.29) is 42.1 Å². The molecule has 0 aliphatic carbocycles. The van der Waals surface area contributed by atoms with Gasteiger partial charge in [-0.2, -0.15) is 0 Å². The number of fused-ring (bicyclic) bond motifs is 1. The Labute approximate surface area is 175 Å². The number of hydrogen-bond donors (Lipinski definition) is 3. The predicted molar refractivity (Wildman–Crippen MR) is 112 cm³/mol. The van der Waals surface area contributed by atoms with Gasteiger partial charge in [-0.15, -0.1) is 12.4 Å². The number of nitrogens with one attached hydrogen (secondary N) is 3. The quantitative estimate of drug-likeness (QED) is 0.669. The van der Waals surface area contributed by atoms with Crippen molar-refractivity contribution in [1.29, 1.82) is 0 Å². The molecule has 8 heteroatoms. The van der Waals surface area contributed by atoms with Crippen molar-refractivity contribution >= 4 is 29.9 Å². The lowest BCUT2D eigenvalue weighted by Gasteiger charge is -2.21. The van der Waals surface area contributed by atoms with Crippen molar-refractivity contribution in [3.05, 3.63) is 58.9 Å². The summed E-state index contributed by atoms with van der Waals surface area (Å²) in [4.78, 5) is 24.1. The first-order valence-electron chi connectivity index (χ1n) is 9.20. The Morgan fingerprint density at radius 1 is 1.21 bits per heavy atom. The minimum atomic E-state index is -0.520. The highest BCUT2D eigenvalue weighted by Crippen LogP contribution is 2.26. The number of rotatable bonds is 6. The Morgan fingerprint density at radius 3 is 2.59 bits per heavy atom. The number of benzene rings is 2. The molecule has 0 saturated heterocycles. The average Bonchev–Trinajstić information content (AvgIpc) is 2.69. The number of carbonyl (C=O) groups is 2. The zero-order valence-corrected chi connectivity index (χ0v) is 17.2. The van der Waals surface area contributed by atoms with E-state index in [2.05, 4.69) is 16.0 Å². The molecule has 6 nitrogen and oxygen atoms in total. The number of anilines is 1. The molecule has 0 spiro atoms. The molecule has 0 radical (unpaired) electrons. The third kappa shape index (κ3) is 5.68. The first-order chi connectivity index (χ1) is 13.5. The van der Waals surface area contributed by atoms with Crippen LogP contribution in [0.5, 0.6) is 5.75 Å². The maximum absolute atomic E-state index is 14.7. The molecule has 0 bridgehead atoms. The van der Waals surface area contributed by atoms with E-state index in [1.165, 1.54) is 6.92 Å². The van der Waals surface area contributed by atoms with Gasteiger partial charge in [-0.25, -0.2) is 4.39 Å². The molecule has 1 unspecified atom stereocenters. The summed E-state index contributed by atoms with van der Waals surface area (Å²) in [5.41, 5.74) is 2.49. The minimum absolute atomic E-state index is 0. The molecule has 2 aromatic rings. The standard InChI is InChI=1S/C21H24FN3O3.ClH/c1-13(26)24-19(14-3-6-16(28-2)7-4-14)11-20(27)25-18-8-5-15-12-23-10-9-17(15)21(18)22;/h3-8,19,23H,9-12H2,1-2H3,(H,24,26)(H,25,27);1H. The second kappa shape index (κ2) is 10.2. The van der Waals surface area contributed by atoms with Crippen LogP contribution in [0, 0.1) is 5.82 Å². The highest BCUT2D eigenvalue weighted by molar-refractivity contribution is 5.92. The van der Waals surface area contributed by atoms with Crippen molar-refractivity contribution in [1.82, 2.24) is 10.6 Å². The van der Waals surface area contributed by atoms with Gasteiger partial charge in [0.05, 0.1) is 25.3 Å². The van der Waals surface area contributed by atoms with E-state index in [1.54, 1.807) is 37.4 Å². The van der Waals surface area contributed by atoms with Gasteiger partial charge in [-0.1, -0.05) is 18.2 Å². The van der Waals surface area contributed by atoms with Crippen LogP contribution in [0.2, 0.25) is 0 Å². The molecule has 0 saturated carbocycles. The van der Waals surface area contributed by atoms with Crippen molar-refractivity contribution in [2.45, 2.75) is 32.4 Å². The zero-order valence-electron chi connectivity index (χ0n) is 16.4. The van der Waals surface area contributed by atoms with Crippen molar-refractivity contribution in [3.63, 3.8) is 0 Å². The third-order valence-electron chi connectivity index (χ3n) is 4.77. The molecule has 1 atom stereocenters. The Bertz CT molecular complexity index is 874. The molecule has 3 N–H and O–H groups in total. The minimum Gasteiger partial charge on any atom is -0.497 e. The Kier molecular flexibility index (Phi) is 7.99. The molecule has 2 aromatic carbocycles. The topological polar surface area (TPSA) is 79.5 Å². The van der Waals surface area contributed by atoms with Gasteiger partial charge in [-0.05, 0) is 47.9 Å². The van der Waals surface area contributed by atoms with E-state index in [9.17, 15) is 14.0 Å². The summed E-state index contributed by atoms with van der Waals surface area (Å²) in [5.74, 6) is -0.322. The summed E-state index contributed by atoms with van der Waals surface area (Å²) in [6.45, 7) is 2.73. The summed E-state index contributed by atoms with van der Waals surface area (Å²) in [5, 5.41) is 8.61. The van der Waals surface area contributed by atoms with E-state index in [1.807, 2.05) is 6.07 Å². The molecule has 2 amide bonds. The largest absolute Gasteiger partial charge is 0.497 e. The lowest BCUT2D eigenvalue weighted by Crippen LogP contribution is -2.30. The van der Waals surface area contributed by atoms with Crippen LogP contribution in [-0.4, -0.2) is 25.5 Å². The Hall–Kier alpha value is -2.64. The molecule has 1 aliphatic rings. The van der Waals surface area contributed by atoms with E-state index in [0.29, 0.717) is 30.8 Å². The zero-order chi connectivity index (χ0) is 20.1. The second-order valence-electron chi connectivity index (χ2n) is 6.77. The van der Waals surface area contributed by atoms with Crippen LogP contribution in [0.1, 0.15) is 36.1 Å². The summed E-state index contributed by atoms with van der Waals surface area (Å²) in [6.07, 6.45) is 0.579. The molecule has 0 fully saturated rings. The van der Waals surface area contributed by atoms with Crippen LogP contribution in [0.25, 0.3) is 0 Å². The highest BCUT2D eigenvalue weighted by atomic mass is 35.5. The van der Waals surface area contributed by atoms with Crippen molar-refractivity contribution in [2.24, 2.45) is 0 Å². The van der Waals surface area contributed by atoms with E-state index >= 15 is 0 Å². The normalized spacial score (nSPS) is 13.5. The van der Waals surface area contributed by atoms with Gasteiger partial charge in [0, 0.05) is 13.5 Å². The fourth-order valence-electron chi connectivity index (χ4n) is 3.35. The van der Waals surface area contributed by atoms with Gasteiger partial charge in [0.2, 0.25) is 11.8 Å². The molecule has 0 aromatic heterocycles. The second-order valence-corrected chi connectivity index (χ2v) is 6.77. The van der Waals surface area contributed by atoms with Gasteiger partial charge >= 0.3 is 0 Å². The molecule has 3 rings (SSSR count). The fourth-order valence-corrected chi connectivity index (χ4v) is 3.35. The highest BCUT2D eigenvalue weighted by Gasteiger charge is 2.21. The van der Waals surface area contributed by atoms with Crippen LogP contribution in [-0.2, 0) is 22.6 Å². The maximum Gasteiger partial charge on any atom is 0.226 e. The van der Waals surface area contributed by atoms with Gasteiger partial charge in [0.25, 0.3) is 0 Å². The van der Waals surface area contributed by atoms with Crippen molar-refractivity contribution in [2.75, 3.05) is 19.0 Å². The van der Waals surface area contributed by atoms with Crippen LogP contribution in [0.3, 0.4) is 0 Å². The van der Waals surface area contributed by atoms with Crippen LogP contribution < -0.4 is 20.7 Å². The molecule has 29 heavy (non-hydrogen) atoms. The van der Waals surface area contributed by atoms with Gasteiger partial charge in [-0.3, -0.25) is 9.59 Å².